The SMILES string of the molecule is Cc1sc2ncnc(N[C@@H](C)C(=O)Nc3cccc(N4CCCC4=O)c3)c2c1C. The maximum Gasteiger partial charge on any atom is 0.246 e. The van der Waals surface area contributed by atoms with Crippen LogP contribution in [0.3, 0.4) is 0 Å². The van der Waals surface area contributed by atoms with Crippen molar-refractivity contribution in [2.24, 2.45) is 0 Å². The van der Waals surface area contributed by atoms with Gasteiger partial charge in [-0.3, -0.25) is 9.59 Å². The molecule has 1 fully saturated rings. The van der Waals surface area contributed by atoms with Gasteiger partial charge in [0.25, 0.3) is 0 Å². The Morgan fingerprint density at radius 1 is 1.28 bits per heavy atom. The summed E-state index contributed by atoms with van der Waals surface area (Å²) in [5, 5.41) is 7.11. The van der Waals surface area contributed by atoms with Gasteiger partial charge in [0.05, 0.1) is 5.39 Å². The van der Waals surface area contributed by atoms with E-state index in [0.717, 1.165) is 34.4 Å². The molecule has 8 heteroatoms. The third-order valence-electron chi connectivity index (χ3n) is 5.21. The highest BCUT2D eigenvalue weighted by molar-refractivity contribution is 7.18. The van der Waals surface area contributed by atoms with Gasteiger partial charge in [-0.15, -0.1) is 11.3 Å². The molecule has 3 heterocycles. The van der Waals surface area contributed by atoms with Gasteiger partial charge in [-0.05, 0) is 51.0 Å². The number of rotatable bonds is 5. The van der Waals surface area contributed by atoms with Crippen LogP contribution >= 0.6 is 11.3 Å². The molecule has 0 saturated carbocycles. The number of carbonyl (C=O) groups excluding carboxylic acids is 2. The van der Waals surface area contributed by atoms with Crippen LogP contribution in [-0.2, 0) is 9.59 Å². The van der Waals surface area contributed by atoms with E-state index in [2.05, 4.69) is 27.5 Å². The van der Waals surface area contributed by atoms with Crippen LogP contribution in [0.15, 0.2) is 30.6 Å². The third kappa shape index (κ3) is 3.80. The highest BCUT2D eigenvalue weighted by Crippen LogP contribution is 2.32. The average molecular weight is 410 g/mol. The monoisotopic (exact) mass is 409 g/mol. The second-order valence-electron chi connectivity index (χ2n) is 7.24. The minimum atomic E-state index is -0.496. The predicted molar refractivity (Wildman–Crippen MR) is 117 cm³/mol. The molecule has 1 atom stereocenters. The lowest BCUT2D eigenvalue weighted by molar-refractivity contribution is -0.117. The van der Waals surface area contributed by atoms with E-state index in [4.69, 9.17) is 0 Å². The molecule has 0 aliphatic carbocycles. The van der Waals surface area contributed by atoms with Crippen molar-refractivity contribution >= 4 is 50.6 Å². The van der Waals surface area contributed by atoms with Crippen molar-refractivity contribution in [1.82, 2.24) is 9.97 Å². The molecule has 1 aromatic carbocycles. The van der Waals surface area contributed by atoms with Crippen molar-refractivity contribution in [3.8, 4) is 0 Å². The number of fused-ring (bicyclic) bond motifs is 1. The zero-order valence-electron chi connectivity index (χ0n) is 16.7. The fourth-order valence-electron chi connectivity index (χ4n) is 3.49. The zero-order chi connectivity index (χ0) is 20.5. The molecule has 150 valence electrons. The van der Waals surface area contributed by atoms with E-state index in [1.54, 1.807) is 23.2 Å². The van der Waals surface area contributed by atoms with E-state index >= 15 is 0 Å². The highest BCUT2D eigenvalue weighted by atomic mass is 32.1. The summed E-state index contributed by atoms with van der Waals surface area (Å²) in [7, 11) is 0. The Hall–Kier alpha value is -3.00. The number of amides is 2. The number of anilines is 3. The van der Waals surface area contributed by atoms with E-state index in [9.17, 15) is 9.59 Å². The smallest absolute Gasteiger partial charge is 0.246 e. The molecule has 0 radical (unpaired) electrons. The van der Waals surface area contributed by atoms with Crippen molar-refractivity contribution in [2.45, 2.75) is 39.7 Å². The van der Waals surface area contributed by atoms with E-state index in [1.165, 1.54) is 11.2 Å². The Morgan fingerprint density at radius 2 is 2.10 bits per heavy atom. The van der Waals surface area contributed by atoms with Gasteiger partial charge in [0.2, 0.25) is 11.8 Å². The van der Waals surface area contributed by atoms with Crippen LogP contribution in [0.5, 0.6) is 0 Å². The number of aromatic nitrogens is 2. The minimum absolute atomic E-state index is 0.123. The summed E-state index contributed by atoms with van der Waals surface area (Å²) in [5.41, 5.74) is 2.60. The van der Waals surface area contributed by atoms with Gasteiger partial charge in [0.1, 0.15) is 23.0 Å². The van der Waals surface area contributed by atoms with Crippen LogP contribution in [0.1, 0.15) is 30.2 Å². The van der Waals surface area contributed by atoms with Crippen LogP contribution in [-0.4, -0.2) is 34.4 Å². The topological polar surface area (TPSA) is 87.2 Å². The molecule has 4 rings (SSSR count). The van der Waals surface area contributed by atoms with Crippen molar-refractivity contribution in [3.05, 3.63) is 41.0 Å². The fraction of sp³-hybridized carbons (Fsp3) is 0.333. The number of benzene rings is 1. The van der Waals surface area contributed by atoms with Crippen molar-refractivity contribution < 1.29 is 9.59 Å². The van der Waals surface area contributed by atoms with Gasteiger partial charge in [0.15, 0.2) is 0 Å². The summed E-state index contributed by atoms with van der Waals surface area (Å²) in [6, 6.07) is 6.90. The number of carbonyl (C=O) groups is 2. The average Bonchev–Trinajstić information content (AvgIpc) is 3.25. The van der Waals surface area contributed by atoms with Crippen molar-refractivity contribution in [2.75, 3.05) is 22.1 Å². The summed E-state index contributed by atoms with van der Waals surface area (Å²) >= 11 is 1.62. The molecule has 3 aromatic rings. The van der Waals surface area contributed by atoms with E-state index in [1.807, 2.05) is 31.2 Å². The van der Waals surface area contributed by atoms with Gasteiger partial charge in [0, 0.05) is 29.2 Å². The molecule has 7 nitrogen and oxygen atoms in total. The molecular weight excluding hydrogens is 386 g/mol. The van der Waals surface area contributed by atoms with Crippen LogP contribution in [0.4, 0.5) is 17.2 Å². The molecular formula is C21H23N5O2S. The Morgan fingerprint density at radius 3 is 2.86 bits per heavy atom. The molecule has 2 N–H and O–H groups in total. The maximum absolute atomic E-state index is 12.7. The maximum atomic E-state index is 12.7. The molecule has 29 heavy (non-hydrogen) atoms. The number of hydrogen-bond acceptors (Lipinski definition) is 6. The largest absolute Gasteiger partial charge is 0.358 e. The quantitative estimate of drug-likeness (QED) is 0.668. The lowest BCUT2D eigenvalue weighted by Gasteiger charge is -2.18. The van der Waals surface area contributed by atoms with Gasteiger partial charge < -0.3 is 15.5 Å². The van der Waals surface area contributed by atoms with Crippen LogP contribution in [0.2, 0.25) is 0 Å². The summed E-state index contributed by atoms with van der Waals surface area (Å²) < 4.78 is 0. The second kappa shape index (κ2) is 7.79. The molecule has 1 aliphatic heterocycles. The Kier molecular flexibility index (Phi) is 5.19. The zero-order valence-corrected chi connectivity index (χ0v) is 17.5. The minimum Gasteiger partial charge on any atom is -0.358 e. The van der Waals surface area contributed by atoms with Crippen LogP contribution in [0, 0.1) is 13.8 Å². The first kappa shape index (κ1) is 19.3. The molecule has 0 bridgehead atoms. The number of nitrogens with zero attached hydrogens (tertiary/aromatic N) is 3. The Bertz CT molecular complexity index is 1090. The summed E-state index contributed by atoms with van der Waals surface area (Å²) in [4.78, 5) is 37.3. The van der Waals surface area contributed by atoms with Crippen molar-refractivity contribution in [1.29, 1.82) is 0 Å². The van der Waals surface area contributed by atoms with E-state index in [-0.39, 0.29) is 11.8 Å². The second-order valence-corrected chi connectivity index (χ2v) is 8.44. The lowest BCUT2D eigenvalue weighted by atomic mass is 10.2. The number of thiophene rings is 1. The summed E-state index contributed by atoms with van der Waals surface area (Å²) in [6.07, 6.45) is 2.96. The molecule has 2 amide bonds. The normalized spacial score (nSPS) is 15.0. The predicted octanol–water partition coefficient (Wildman–Crippen LogP) is 3.87. The van der Waals surface area contributed by atoms with E-state index in [0.29, 0.717) is 17.9 Å². The van der Waals surface area contributed by atoms with Gasteiger partial charge >= 0.3 is 0 Å². The number of hydrogen-bond donors (Lipinski definition) is 2. The van der Waals surface area contributed by atoms with Crippen LogP contribution < -0.4 is 15.5 Å². The molecule has 1 aliphatic rings. The first-order valence-electron chi connectivity index (χ1n) is 9.62. The van der Waals surface area contributed by atoms with Gasteiger partial charge in [-0.25, -0.2) is 9.97 Å². The standard InChI is InChI=1S/C21H23N5O2S/c1-12-14(3)29-21-18(12)19(22-11-23-21)24-13(2)20(28)25-15-6-4-7-16(10-15)26-9-5-8-17(26)27/h4,6-7,10-11,13H,5,8-9H2,1-3H3,(H,25,28)(H,22,23,24)/t13-/m0/s1. The van der Waals surface area contributed by atoms with Gasteiger partial charge in [-0.2, -0.15) is 0 Å². The Labute approximate surface area is 173 Å². The first-order chi connectivity index (χ1) is 13.9. The Balaban J connectivity index is 1.49. The number of nitrogens with one attached hydrogen (secondary N) is 2. The van der Waals surface area contributed by atoms with Crippen molar-refractivity contribution in [3.63, 3.8) is 0 Å². The molecule has 0 unspecified atom stereocenters. The lowest BCUT2D eigenvalue weighted by Crippen LogP contribution is -2.32. The first-order valence-corrected chi connectivity index (χ1v) is 10.4. The molecule has 1 saturated heterocycles. The molecule has 0 spiro atoms. The van der Waals surface area contributed by atoms with Crippen LogP contribution in [0.25, 0.3) is 10.2 Å². The summed E-state index contributed by atoms with van der Waals surface area (Å²) in [5.74, 6) is 0.611. The summed E-state index contributed by atoms with van der Waals surface area (Å²) in [6.45, 7) is 6.61. The van der Waals surface area contributed by atoms with E-state index < -0.39 is 6.04 Å². The molecule has 2 aromatic heterocycles. The highest BCUT2D eigenvalue weighted by Gasteiger charge is 2.22. The van der Waals surface area contributed by atoms with Gasteiger partial charge in [-0.1, -0.05) is 6.07 Å². The number of aryl methyl sites for hydroxylation is 2. The third-order valence-corrected chi connectivity index (χ3v) is 6.33. The fourth-order valence-corrected chi connectivity index (χ4v) is 4.48.